The second-order valence-corrected chi connectivity index (χ2v) is 11.8. The lowest BCUT2D eigenvalue weighted by atomic mass is 9.52. The molecular formula is C38H44N2O6. The van der Waals surface area contributed by atoms with E-state index < -0.39 is 22.6 Å². The van der Waals surface area contributed by atoms with Gasteiger partial charge in [-0.25, -0.2) is 0 Å². The lowest BCUT2D eigenvalue weighted by Gasteiger charge is -2.50. The lowest BCUT2D eigenvalue weighted by molar-refractivity contribution is -0.138. The summed E-state index contributed by atoms with van der Waals surface area (Å²) in [7, 11) is 6.46. The molecule has 0 aromatic heterocycles. The van der Waals surface area contributed by atoms with Crippen molar-refractivity contribution in [2.24, 2.45) is 22.3 Å². The molecule has 4 N–H and O–H groups in total. The second kappa shape index (κ2) is 15.3. The van der Waals surface area contributed by atoms with E-state index in [0.717, 1.165) is 22.3 Å². The Hall–Kier alpha value is -4.98. The molecule has 0 aliphatic heterocycles. The number of primary amides is 2. The first kappa shape index (κ1) is 33.9. The Morgan fingerprint density at radius 2 is 0.870 bits per heavy atom. The molecule has 0 radical (unpaired) electrons. The lowest BCUT2D eigenvalue weighted by Crippen LogP contribution is -2.56. The molecule has 0 unspecified atom stereocenters. The van der Waals surface area contributed by atoms with Gasteiger partial charge in [0.1, 0.15) is 23.0 Å². The number of carbonyl (C=O) groups is 2. The van der Waals surface area contributed by atoms with E-state index in [1.165, 1.54) is 0 Å². The summed E-state index contributed by atoms with van der Waals surface area (Å²) < 4.78 is 22.3. The SMILES string of the molecule is COc1cccc(CC(CCC(N)=O)(Cc2cccc(OC)c2)C(Cc2cccc(OC)c2)(Cc2cccc(OC)c2)C(N)=O)c1. The zero-order valence-corrected chi connectivity index (χ0v) is 27.1. The predicted octanol–water partition coefficient (Wildman–Crippen LogP) is 5.72. The zero-order chi connectivity index (χ0) is 33.2. The maximum absolute atomic E-state index is 14.5. The third-order valence-corrected chi connectivity index (χ3v) is 8.97. The molecule has 242 valence electrons. The number of methoxy groups -OCH3 is 4. The molecule has 0 saturated heterocycles. The number of hydrogen-bond donors (Lipinski definition) is 2. The van der Waals surface area contributed by atoms with Gasteiger partial charge in [-0.05, 0) is 108 Å². The first-order chi connectivity index (χ1) is 22.2. The predicted molar refractivity (Wildman–Crippen MR) is 179 cm³/mol. The van der Waals surface area contributed by atoms with Crippen LogP contribution < -0.4 is 30.4 Å². The van der Waals surface area contributed by atoms with E-state index in [0.29, 0.717) is 42.3 Å². The molecule has 0 saturated carbocycles. The van der Waals surface area contributed by atoms with E-state index >= 15 is 0 Å². The molecule has 8 heteroatoms. The summed E-state index contributed by atoms with van der Waals surface area (Å²) >= 11 is 0. The van der Waals surface area contributed by atoms with Gasteiger partial charge < -0.3 is 30.4 Å². The van der Waals surface area contributed by atoms with Crippen LogP contribution >= 0.6 is 0 Å². The molecule has 0 fully saturated rings. The van der Waals surface area contributed by atoms with Crippen LogP contribution in [0.15, 0.2) is 97.1 Å². The smallest absolute Gasteiger partial charge is 0.224 e. The summed E-state index contributed by atoms with van der Waals surface area (Å²) in [6.45, 7) is 0. The molecule has 0 bridgehead atoms. The van der Waals surface area contributed by atoms with Crippen LogP contribution in [0.2, 0.25) is 0 Å². The van der Waals surface area contributed by atoms with E-state index in [2.05, 4.69) is 0 Å². The Balaban J connectivity index is 2.06. The van der Waals surface area contributed by atoms with Crippen molar-refractivity contribution in [2.75, 3.05) is 28.4 Å². The van der Waals surface area contributed by atoms with Crippen molar-refractivity contribution in [3.8, 4) is 23.0 Å². The molecular weight excluding hydrogens is 580 g/mol. The average molecular weight is 625 g/mol. The molecule has 8 nitrogen and oxygen atoms in total. The normalized spacial score (nSPS) is 11.5. The Kier molecular flexibility index (Phi) is 11.3. The van der Waals surface area contributed by atoms with Gasteiger partial charge in [0.25, 0.3) is 0 Å². The van der Waals surface area contributed by atoms with Gasteiger partial charge in [0.05, 0.1) is 33.9 Å². The number of nitrogens with two attached hydrogens (primary N) is 2. The number of benzene rings is 4. The Morgan fingerprint density at radius 1 is 0.543 bits per heavy atom. The average Bonchev–Trinajstić information content (AvgIpc) is 3.07. The maximum atomic E-state index is 14.5. The van der Waals surface area contributed by atoms with E-state index in [-0.39, 0.29) is 19.3 Å². The van der Waals surface area contributed by atoms with Gasteiger partial charge >= 0.3 is 0 Å². The highest BCUT2D eigenvalue weighted by Gasteiger charge is 2.55. The minimum Gasteiger partial charge on any atom is -0.497 e. The Labute approximate surface area is 271 Å². The van der Waals surface area contributed by atoms with Crippen LogP contribution in [-0.4, -0.2) is 40.3 Å². The third kappa shape index (κ3) is 7.99. The second-order valence-electron chi connectivity index (χ2n) is 11.8. The van der Waals surface area contributed by atoms with Gasteiger partial charge in [-0.2, -0.15) is 0 Å². The fraction of sp³-hybridized carbons (Fsp3) is 0.316. The third-order valence-electron chi connectivity index (χ3n) is 8.97. The standard InChI is InChI=1S/C38H44N2O6/c1-43-31-13-5-9-27(19-31)23-37(18-17-35(39)41,24-28-10-6-14-32(20-28)44-2)38(36(40)42,25-29-11-7-15-33(21-29)45-3)26-30-12-8-16-34(22-30)46-4/h5-16,19-22H,17-18,23-26H2,1-4H3,(H2,39,41)(H2,40,42). The molecule has 0 spiro atoms. The van der Waals surface area contributed by atoms with Crippen molar-refractivity contribution >= 4 is 11.8 Å². The molecule has 46 heavy (non-hydrogen) atoms. The van der Waals surface area contributed by atoms with Crippen molar-refractivity contribution in [3.05, 3.63) is 119 Å². The fourth-order valence-corrected chi connectivity index (χ4v) is 6.66. The maximum Gasteiger partial charge on any atom is 0.224 e. The summed E-state index contributed by atoms with van der Waals surface area (Å²) in [5, 5.41) is 0. The van der Waals surface area contributed by atoms with Crippen LogP contribution in [0.4, 0.5) is 0 Å². The first-order valence-electron chi connectivity index (χ1n) is 15.3. The summed E-state index contributed by atoms with van der Waals surface area (Å²) in [6, 6.07) is 30.9. The van der Waals surface area contributed by atoms with Gasteiger partial charge in [-0.1, -0.05) is 48.5 Å². The monoisotopic (exact) mass is 624 g/mol. The summed E-state index contributed by atoms with van der Waals surface area (Å²) in [5.74, 6) is 1.78. The zero-order valence-electron chi connectivity index (χ0n) is 27.1. The van der Waals surface area contributed by atoms with Crippen molar-refractivity contribution in [1.29, 1.82) is 0 Å². The van der Waals surface area contributed by atoms with E-state index in [4.69, 9.17) is 30.4 Å². The first-order valence-corrected chi connectivity index (χ1v) is 15.3. The van der Waals surface area contributed by atoms with E-state index in [1.807, 2.05) is 97.1 Å². The largest absolute Gasteiger partial charge is 0.497 e. The molecule has 4 aromatic rings. The van der Waals surface area contributed by atoms with Gasteiger partial charge in [-0.3, -0.25) is 9.59 Å². The Morgan fingerprint density at radius 3 is 1.15 bits per heavy atom. The van der Waals surface area contributed by atoms with Gasteiger partial charge in [0.2, 0.25) is 11.8 Å². The summed E-state index contributed by atoms with van der Waals surface area (Å²) in [5.41, 5.74) is 14.0. The number of hydrogen-bond acceptors (Lipinski definition) is 6. The van der Waals surface area contributed by atoms with Crippen molar-refractivity contribution in [1.82, 2.24) is 0 Å². The quantitative estimate of drug-likeness (QED) is 0.155. The van der Waals surface area contributed by atoms with Crippen molar-refractivity contribution < 1.29 is 28.5 Å². The van der Waals surface area contributed by atoms with Crippen LogP contribution in [0.5, 0.6) is 23.0 Å². The highest BCUT2D eigenvalue weighted by molar-refractivity contribution is 5.83. The highest BCUT2D eigenvalue weighted by Crippen LogP contribution is 2.53. The molecule has 4 rings (SSSR count). The summed E-state index contributed by atoms with van der Waals surface area (Å²) in [6.07, 6.45) is 1.73. The van der Waals surface area contributed by atoms with Crippen LogP contribution in [0.3, 0.4) is 0 Å². The number of carbonyl (C=O) groups excluding carboxylic acids is 2. The molecule has 0 heterocycles. The molecule has 0 atom stereocenters. The van der Waals surface area contributed by atoms with Crippen LogP contribution in [0.25, 0.3) is 0 Å². The number of rotatable bonds is 17. The van der Waals surface area contributed by atoms with Gasteiger partial charge in [0.15, 0.2) is 0 Å². The van der Waals surface area contributed by atoms with E-state index in [9.17, 15) is 9.59 Å². The highest BCUT2D eigenvalue weighted by atomic mass is 16.5. The number of ether oxygens (including phenoxy) is 4. The Bertz CT molecular complexity index is 1540. The molecule has 0 aliphatic carbocycles. The number of amides is 2. The van der Waals surface area contributed by atoms with E-state index in [1.54, 1.807) is 28.4 Å². The van der Waals surface area contributed by atoms with Crippen molar-refractivity contribution in [3.63, 3.8) is 0 Å². The summed E-state index contributed by atoms with van der Waals surface area (Å²) in [4.78, 5) is 27.0. The topological polar surface area (TPSA) is 123 Å². The van der Waals surface area contributed by atoms with Crippen LogP contribution in [0, 0.1) is 10.8 Å². The van der Waals surface area contributed by atoms with Crippen LogP contribution in [0.1, 0.15) is 35.1 Å². The molecule has 4 aromatic carbocycles. The minimum absolute atomic E-state index is 0.0548. The molecule has 0 aliphatic rings. The van der Waals surface area contributed by atoms with Gasteiger partial charge in [-0.15, -0.1) is 0 Å². The molecule has 2 amide bonds. The fourth-order valence-electron chi connectivity index (χ4n) is 6.66. The minimum atomic E-state index is -1.23. The van der Waals surface area contributed by atoms with Crippen LogP contribution in [-0.2, 0) is 35.3 Å². The van der Waals surface area contributed by atoms with Gasteiger partial charge in [0, 0.05) is 6.42 Å². The van der Waals surface area contributed by atoms with Crippen molar-refractivity contribution in [2.45, 2.75) is 38.5 Å².